The molecular formula is C9H8BrClFNO2. The summed E-state index contributed by atoms with van der Waals surface area (Å²) in [6, 6.07) is 4.33. The van der Waals surface area contributed by atoms with Crippen LogP contribution < -0.4 is 5.32 Å². The van der Waals surface area contributed by atoms with Crippen LogP contribution in [0.25, 0.3) is 0 Å². The molecule has 0 saturated carbocycles. The van der Waals surface area contributed by atoms with E-state index in [1.54, 1.807) is 12.1 Å². The van der Waals surface area contributed by atoms with Crippen LogP contribution in [0.1, 0.15) is 11.6 Å². The summed E-state index contributed by atoms with van der Waals surface area (Å²) in [4.78, 5) is 10.7. The van der Waals surface area contributed by atoms with Crippen LogP contribution in [0, 0.1) is 5.82 Å². The van der Waals surface area contributed by atoms with Gasteiger partial charge in [0.1, 0.15) is 12.4 Å². The summed E-state index contributed by atoms with van der Waals surface area (Å²) in [5.41, 5.74) is 0.444. The van der Waals surface area contributed by atoms with Crippen molar-refractivity contribution in [3.63, 3.8) is 0 Å². The van der Waals surface area contributed by atoms with Crippen LogP contribution >= 0.6 is 28.3 Å². The molecular weight excluding hydrogens is 288 g/mol. The van der Waals surface area contributed by atoms with E-state index in [-0.39, 0.29) is 30.9 Å². The molecule has 0 spiro atoms. The van der Waals surface area contributed by atoms with Gasteiger partial charge in [-0.05, 0) is 12.1 Å². The van der Waals surface area contributed by atoms with Crippen LogP contribution in [0.3, 0.4) is 0 Å². The molecule has 1 aliphatic rings. The van der Waals surface area contributed by atoms with Crippen molar-refractivity contribution in [3.8, 4) is 0 Å². The second-order valence-electron chi connectivity index (χ2n) is 2.96. The number of amides is 1. The molecule has 15 heavy (non-hydrogen) atoms. The van der Waals surface area contributed by atoms with E-state index in [0.717, 1.165) is 0 Å². The van der Waals surface area contributed by atoms with Crippen molar-refractivity contribution in [2.24, 2.45) is 0 Å². The smallest absolute Gasteiger partial charge is 0.407 e. The second-order valence-corrected chi connectivity index (χ2v) is 3.88. The van der Waals surface area contributed by atoms with Gasteiger partial charge < -0.3 is 10.1 Å². The van der Waals surface area contributed by atoms with E-state index in [0.29, 0.717) is 10.0 Å². The number of nitrogens with one attached hydrogen (secondary N) is 1. The van der Waals surface area contributed by atoms with E-state index in [1.165, 1.54) is 6.07 Å². The van der Waals surface area contributed by atoms with E-state index < -0.39 is 6.09 Å². The fourth-order valence-electron chi connectivity index (χ4n) is 1.34. The van der Waals surface area contributed by atoms with Gasteiger partial charge in [0.15, 0.2) is 0 Å². The van der Waals surface area contributed by atoms with Crippen LogP contribution in [0.2, 0.25) is 0 Å². The zero-order chi connectivity index (χ0) is 10.1. The maximum absolute atomic E-state index is 13.4. The molecule has 0 bridgehead atoms. The van der Waals surface area contributed by atoms with Crippen LogP contribution in [-0.2, 0) is 4.74 Å². The van der Waals surface area contributed by atoms with E-state index in [4.69, 9.17) is 0 Å². The number of carbonyl (C=O) groups is 1. The molecule has 0 aliphatic carbocycles. The van der Waals surface area contributed by atoms with Gasteiger partial charge >= 0.3 is 6.09 Å². The molecule has 0 unspecified atom stereocenters. The van der Waals surface area contributed by atoms with E-state index in [1.807, 2.05) is 0 Å². The number of carbonyl (C=O) groups excluding carboxylic acids is 1. The summed E-state index contributed by atoms with van der Waals surface area (Å²) >= 11 is 3.16. The fraction of sp³-hybridized carbons (Fsp3) is 0.222. The molecule has 1 atom stereocenters. The minimum absolute atomic E-state index is 0. The lowest BCUT2D eigenvalue weighted by Crippen LogP contribution is -2.19. The average molecular weight is 297 g/mol. The minimum Gasteiger partial charge on any atom is -0.447 e. The SMILES string of the molecule is Cl.O=C1N[C@H](c2ccc(Br)cc2F)CO1. The third kappa shape index (κ3) is 2.60. The quantitative estimate of drug-likeness (QED) is 0.865. The molecule has 1 fully saturated rings. The normalized spacial score (nSPS) is 19.1. The Morgan fingerprint density at radius 2 is 2.27 bits per heavy atom. The van der Waals surface area contributed by atoms with E-state index >= 15 is 0 Å². The van der Waals surface area contributed by atoms with Gasteiger partial charge in [-0.3, -0.25) is 0 Å². The molecule has 0 radical (unpaired) electrons. The predicted molar refractivity (Wildman–Crippen MR) is 58.6 cm³/mol. The number of benzene rings is 1. The molecule has 1 heterocycles. The van der Waals surface area contributed by atoms with Crippen molar-refractivity contribution in [2.45, 2.75) is 6.04 Å². The summed E-state index contributed by atoms with van der Waals surface area (Å²) in [6.07, 6.45) is -0.502. The zero-order valence-electron chi connectivity index (χ0n) is 7.50. The predicted octanol–water partition coefficient (Wildman–Crippen LogP) is 2.79. The van der Waals surface area contributed by atoms with Crippen molar-refractivity contribution >= 4 is 34.4 Å². The number of alkyl carbamates (subject to hydrolysis) is 1. The van der Waals surface area contributed by atoms with Gasteiger partial charge in [0, 0.05) is 10.0 Å². The Hall–Kier alpha value is -0.810. The first-order valence-corrected chi connectivity index (χ1v) is 4.84. The molecule has 2 rings (SSSR count). The summed E-state index contributed by atoms with van der Waals surface area (Å²) < 4.78 is 18.7. The van der Waals surface area contributed by atoms with Crippen molar-refractivity contribution in [2.75, 3.05) is 6.61 Å². The number of halogens is 3. The van der Waals surface area contributed by atoms with Gasteiger partial charge in [-0.15, -0.1) is 12.4 Å². The topological polar surface area (TPSA) is 38.3 Å². The Balaban J connectivity index is 0.00000112. The monoisotopic (exact) mass is 295 g/mol. The third-order valence-corrected chi connectivity index (χ3v) is 2.50. The molecule has 82 valence electrons. The standard InChI is InChI=1S/C9H7BrFNO2.ClH/c10-5-1-2-6(7(11)3-5)8-4-14-9(13)12-8;/h1-3,8H,4H2,(H,12,13);1H/t8-;/m0./s1. The Morgan fingerprint density at radius 3 is 2.80 bits per heavy atom. The fourth-order valence-corrected chi connectivity index (χ4v) is 1.67. The van der Waals surface area contributed by atoms with E-state index in [2.05, 4.69) is 26.0 Å². The first kappa shape index (κ1) is 12.3. The molecule has 6 heteroatoms. The zero-order valence-corrected chi connectivity index (χ0v) is 9.90. The lowest BCUT2D eigenvalue weighted by Gasteiger charge is -2.08. The van der Waals surface area contributed by atoms with Gasteiger partial charge in [-0.2, -0.15) is 0 Å². The highest BCUT2D eigenvalue weighted by atomic mass is 79.9. The number of hydrogen-bond donors (Lipinski definition) is 1. The average Bonchev–Trinajstić information content (AvgIpc) is 2.51. The summed E-state index contributed by atoms with van der Waals surface area (Å²) in [5, 5.41) is 2.51. The Labute approximate surface area is 101 Å². The first-order chi connectivity index (χ1) is 6.66. The van der Waals surface area contributed by atoms with Crippen molar-refractivity contribution in [1.82, 2.24) is 5.32 Å². The highest BCUT2D eigenvalue weighted by molar-refractivity contribution is 9.10. The molecule has 1 saturated heterocycles. The number of ether oxygens (including phenoxy) is 1. The van der Waals surface area contributed by atoms with Crippen molar-refractivity contribution in [3.05, 3.63) is 34.1 Å². The molecule has 1 amide bonds. The van der Waals surface area contributed by atoms with Gasteiger partial charge in [0.05, 0.1) is 6.04 Å². The van der Waals surface area contributed by atoms with Gasteiger partial charge in [-0.1, -0.05) is 22.0 Å². The summed E-state index contributed by atoms with van der Waals surface area (Å²) in [5.74, 6) is -0.352. The van der Waals surface area contributed by atoms with Crippen molar-refractivity contribution in [1.29, 1.82) is 0 Å². The molecule has 1 aromatic carbocycles. The highest BCUT2D eigenvalue weighted by Gasteiger charge is 2.25. The third-order valence-electron chi connectivity index (χ3n) is 2.01. The Bertz CT molecular complexity index is 388. The Kier molecular flexibility index (Phi) is 3.93. The number of hydrogen-bond acceptors (Lipinski definition) is 2. The van der Waals surface area contributed by atoms with Crippen LogP contribution in [0.4, 0.5) is 9.18 Å². The first-order valence-electron chi connectivity index (χ1n) is 4.05. The number of rotatable bonds is 1. The Morgan fingerprint density at radius 1 is 1.53 bits per heavy atom. The maximum Gasteiger partial charge on any atom is 0.407 e. The van der Waals surface area contributed by atoms with Crippen LogP contribution in [-0.4, -0.2) is 12.7 Å². The number of cyclic esters (lactones) is 1. The van der Waals surface area contributed by atoms with Gasteiger partial charge in [0.25, 0.3) is 0 Å². The second kappa shape index (κ2) is 4.81. The molecule has 0 aromatic heterocycles. The molecule has 1 aliphatic heterocycles. The van der Waals surface area contributed by atoms with Crippen LogP contribution in [0.5, 0.6) is 0 Å². The molecule has 3 nitrogen and oxygen atoms in total. The largest absolute Gasteiger partial charge is 0.447 e. The van der Waals surface area contributed by atoms with Gasteiger partial charge in [-0.25, -0.2) is 9.18 Å². The minimum atomic E-state index is -0.502. The molecule has 1 aromatic rings. The van der Waals surface area contributed by atoms with Crippen LogP contribution in [0.15, 0.2) is 22.7 Å². The van der Waals surface area contributed by atoms with Gasteiger partial charge in [0.2, 0.25) is 0 Å². The van der Waals surface area contributed by atoms with E-state index in [9.17, 15) is 9.18 Å². The summed E-state index contributed by atoms with van der Waals surface area (Å²) in [6.45, 7) is 0.178. The lowest BCUT2D eigenvalue weighted by atomic mass is 10.1. The highest BCUT2D eigenvalue weighted by Crippen LogP contribution is 2.23. The molecule has 1 N–H and O–H groups in total. The maximum atomic E-state index is 13.4. The van der Waals surface area contributed by atoms with Crippen molar-refractivity contribution < 1.29 is 13.9 Å². The summed E-state index contributed by atoms with van der Waals surface area (Å²) in [7, 11) is 0. The lowest BCUT2D eigenvalue weighted by molar-refractivity contribution is 0.177.